The number of carbonyl (C=O) groups excluding carboxylic acids is 2. The van der Waals surface area contributed by atoms with Crippen molar-refractivity contribution >= 4 is 23.4 Å². The van der Waals surface area contributed by atoms with Crippen LogP contribution in [0, 0.1) is 5.82 Å². The number of rotatable bonds is 5. The number of nitrogens with zero attached hydrogens (tertiary/aromatic N) is 1. The summed E-state index contributed by atoms with van der Waals surface area (Å²) in [4.78, 5) is 26.0. The zero-order valence-electron chi connectivity index (χ0n) is 16.0. The molecule has 29 heavy (non-hydrogen) atoms. The van der Waals surface area contributed by atoms with E-state index in [9.17, 15) is 14.0 Å². The van der Waals surface area contributed by atoms with Gasteiger partial charge in [-0.1, -0.05) is 36.4 Å². The summed E-state index contributed by atoms with van der Waals surface area (Å²) in [5.74, 6) is -0.723. The summed E-state index contributed by atoms with van der Waals surface area (Å²) in [6, 6.07) is 21.1. The first-order chi connectivity index (χ1) is 14.1. The van der Waals surface area contributed by atoms with Crippen LogP contribution in [0.3, 0.4) is 0 Å². The van der Waals surface area contributed by atoms with E-state index in [4.69, 9.17) is 0 Å². The zero-order chi connectivity index (χ0) is 20.4. The molecule has 4 rings (SSSR count). The number of anilines is 2. The van der Waals surface area contributed by atoms with Gasteiger partial charge in [-0.2, -0.15) is 0 Å². The van der Waals surface area contributed by atoms with Crippen LogP contribution in [0.15, 0.2) is 72.8 Å². The number of halogens is 1. The summed E-state index contributed by atoms with van der Waals surface area (Å²) >= 11 is 0. The highest BCUT2D eigenvalue weighted by atomic mass is 19.1. The molecule has 2 unspecified atom stereocenters. The van der Waals surface area contributed by atoms with E-state index in [0.29, 0.717) is 12.1 Å². The van der Waals surface area contributed by atoms with Crippen LogP contribution in [0.25, 0.3) is 0 Å². The van der Waals surface area contributed by atoms with Gasteiger partial charge in [-0.05, 0) is 47.5 Å². The lowest BCUT2D eigenvalue weighted by molar-refractivity contribution is -0.106. The van der Waals surface area contributed by atoms with E-state index in [2.05, 4.69) is 5.32 Å². The van der Waals surface area contributed by atoms with Gasteiger partial charge in [0.2, 0.25) is 0 Å². The van der Waals surface area contributed by atoms with E-state index < -0.39 is 5.92 Å². The van der Waals surface area contributed by atoms with E-state index in [-0.39, 0.29) is 17.6 Å². The van der Waals surface area contributed by atoms with Crippen molar-refractivity contribution in [2.75, 3.05) is 23.8 Å². The lowest BCUT2D eigenvalue weighted by atomic mass is 9.78. The van der Waals surface area contributed by atoms with Crippen molar-refractivity contribution in [2.24, 2.45) is 0 Å². The Balaban J connectivity index is 1.76. The monoisotopic (exact) mass is 388 g/mol. The summed E-state index contributed by atoms with van der Waals surface area (Å²) in [5, 5.41) is 3.47. The number of fused-ring (bicyclic) bond motifs is 1. The molecular formula is C24H21FN2O2. The molecule has 1 heterocycles. The van der Waals surface area contributed by atoms with Gasteiger partial charge in [0.05, 0.1) is 18.5 Å². The molecule has 0 fully saturated rings. The molecule has 0 bridgehead atoms. The van der Waals surface area contributed by atoms with Crippen molar-refractivity contribution in [1.29, 1.82) is 0 Å². The topological polar surface area (TPSA) is 49.4 Å². The molecule has 5 heteroatoms. The molecular weight excluding hydrogens is 367 g/mol. The zero-order valence-corrected chi connectivity index (χ0v) is 16.0. The fraction of sp³-hybridized carbons (Fsp3) is 0.167. The van der Waals surface area contributed by atoms with Gasteiger partial charge in [0, 0.05) is 24.0 Å². The third-order valence-electron chi connectivity index (χ3n) is 5.39. The van der Waals surface area contributed by atoms with E-state index in [0.717, 1.165) is 28.8 Å². The molecule has 1 aliphatic rings. The normalized spacial score (nSPS) is 17.9. The van der Waals surface area contributed by atoms with Gasteiger partial charge in [0.1, 0.15) is 12.1 Å². The minimum atomic E-state index is -0.444. The van der Waals surface area contributed by atoms with E-state index in [1.54, 1.807) is 12.1 Å². The van der Waals surface area contributed by atoms with Gasteiger partial charge < -0.3 is 15.0 Å². The van der Waals surface area contributed by atoms with Crippen LogP contribution < -0.4 is 10.2 Å². The van der Waals surface area contributed by atoms with Crippen LogP contribution in [-0.4, -0.2) is 25.7 Å². The number of Topliss-reactive ketones (excluding diaryl/α,β-unsaturated/α-hetero) is 1. The molecule has 1 aliphatic heterocycles. The van der Waals surface area contributed by atoms with Crippen molar-refractivity contribution < 1.29 is 14.0 Å². The van der Waals surface area contributed by atoms with Gasteiger partial charge >= 0.3 is 0 Å². The maximum absolute atomic E-state index is 13.5. The fourth-order valence-corrected chi connectivity index (χ4v) is 3.84. The number of para-hydroxylation sites is 1. The van der Waals surface area contributed by atoms with Crippen molar-refractivity contribution in [3.63, 3.8) is 0 Å². The first-order valence-electron chi connectivity index (χ1n) is 9.48. The molecule has 1 N–H and O–H groups in total. The Morgan fingerprint density at radius 2 is 1.62 bits per heavy atom. The smallest absolute Gasteiger partial charge is 0.174 e. The number of likely N-dealkylation sites (N-methyl/N-ethyl adjacent to an activating group) is 1. The van der Waals surface area contributed by atoms with Gasteiger partial charge in [0.15, 0.2) is 5.78 Å². The summed E-state index contributed by atoms with van der Waals surface area (Å²) in [5.41, 5.74) is 4.05. The minimum absolute atomic E-state index is 0.0303. The molecule has 3 aromatic carbocycles. The van der Waals surface area contributed by atoms with Crippen molar-refractivity contribution in [1.82, 2.24) is 0 Å². The lowest BCUT2D eigenvalue weighted by Crippen LogP contribution is -2.31. The highest BCUT2D eigenvalue weighted by Crippen LogP contribution is 2.42. The maximum Gasteiger partial charge on any atom is 0.174 e. The Morgan fingerprint density at radius 3 is 2.31 bits per heavy atom. The molecule has 0 amide bonds. The third kappa shape index (κ3) is 3.63. The maximum atomic E-state index is 13.5. The first-order valence-corrected chi connectivity index (χ1v) is 9.48. The second-order valence-corrected chi connectivity index (χ2v) is 7.20. The molecule has 146 valence electrons. The Hall–Kier alpha value is -3.47. The molecule has 0 spiro atoms. The highest BCUT2D eigenvalue weighted by molar-refractivity contribution is 6.08. The largest absolute Gasteiger partial charge is 0.377 e. The van der Waals surface area contributed by atoms with E-state index in [1.807, 2.05) is 60.5 Å². The number of aldehydes is 1. The summed E-state index contributed by atoms with van der Waals surface area (Å²) in [6.45, 7) is 0.300. The quantitative estimate of drug-likeness (QED) is 0.650. The Labute approximate surface area is 169 Å². The van der Waals surface area contributed by atoms with Gasteiger partial charge in [0.25, 0.3) is 0 Å². The Morgan fingerprint density at radius 1 is 0.966 bits per heavy atom. The number of hydrogen-bond donors (Lipinski definition) is 1. The summed E-state index contributed by atoms with van der Waals surface area (Å²) < 4.78 is 13.5. The lowest BCUT2D eigenvalue weighted by Gasteiger charge is -2.34. The highest BCUT2D eigenvalue weighted by Gasteiger charge is 2.37. The van der Waals surface area contributed by atoms with Crippen molar-refractivity contribution in [3.05, 3.63) is 95.3 Å². The Bertz CT molecular complexity index is 1030. The van der Waals surface area contributed by atoms with Crippen LogP contribution in [0.1, 0.15) is 33.4 Å². The molecule has 0 radical (unpaired) electrons. The third-order valence-corrected chi connectivity index (χ3v) is 5.39. The van der Waals surface area contributed by atoms with Crippen LogP contribution in [-0.2, 0) is 4.79 Å². The predicted octanol–water partition coefficient (Wildman–Crippen LogP) is 4.59. The van der Waals surface area contributed by atoms with Crippen LogP contribution >= 0.6 is 0 Å². The molecule has 3 aromatic rings. The second-order valence-electron chi connectivity index (χ2n) is 7.20. The molecule has 4 nitrogen and oxygen atoms in total. The predicted molar refractivity (Wildman–Crippen MR) is 112 cm³/mol. The number of benzene rings is 3. The molecule has 0 aliphatic carbocycles. The first kappa shape index (κ1) is 18.9. The van der Waals surface area contributed by atoms with Crippen molar-refractivity contribution in [3.8, 4) is 0 Å². The van der Waals surface area contributed by atoms with Crippen LogP contribution in [0.4, 0.5) is 15.8 Å². The van der Waals surface area contributed by atoms with E-state index >= 15 is 0 Å². The number of ketones is 1. The molecule has 2 atom stereocenters. The standard InChI is InChI=1S/C24H21FN2O2/c1-27(14-15-28)19-12-8-16(9-13-19)22-23(17-6-10-18(25)11-7-17)26-21-5-3-2-4-20(21)24(22)29/h2-13,15,22-23,26H,14H2,1H3. The van der Waals surface area contributed by atoms with Gasteiger partial charge in [-0.15, -0.1) is 0 Å². The number of nitrogens with one attached hydrogen (secondary N) is 1. The van der Waals surface area contributed by atoms with Crippen LogP contribution in [0.5, 0.6) is 0 Å². The Kier molecular flexibility index (Phi) is 5.12. The molecule has 0 saturated carbocycles. The number of hydrogen-bond acceptors (Lipinski definition) is 4. The average molecular weight is 388 g/mol. The molecule has 0 saturated heterocycles. The number of carbonyl (C=O) groups is 2. The van der Waals surface area contributed by atoms with Crippen molar-refractivity contribution in [2.45, 2.75) is 12.0 Å². The second kappa shape index (κ2) is 7.87. The fourth-order valence-electron chi connectivity index (χ4n) is 3.84. The molecule has 0 aromatic heterocycles. The summed E-state index contributed by atoms with van der Waals surface area (Å²) in [6.07, 6.45) is 0.851. The van der Waals surface area contributed by atoms with Gasteiger partial charge in [-0.25, -0.2) is 4.39 Å². The van der Waals surface area contributed by atoms with E-state index in [1.165, 1.54) is 12.1 Å². The van der Waals surface area contributed by atoms with Gasteiger partial charge in [-0.3, -0.25) is 4.79 Å². The van der Waals surface area contributed by atoms with Crippen LogP contribution in [0.2, 0.25) is 0 Å². The minimum Gasteiger partial charge on any atom is -0.377 e. The average Bonchev–Trinajstić information content (AvgIpc) is 2.75. The SMILES string of the molecule is CN(CC=O)c1ccc(C2C(=O)c3ccccc3NC2c2ccc(F)cc2)cc1. The summed E-state index contributed by atoms with van der Waals surface area (Å²) in [7, 11) is 1.84.